The smallest absolute Gasteiger partial charge is 0.330 e. The second kappa shape index (κ2) is 6.30. The summed E-state index contributed by atoms with van der Waals surface area (Å²) in [6, 6.07) is 0.363. The van der Waals surface area contributed by atoms with E-state index in [1.165, 1.54) is 0 Å². The van der Waals surface area contributed by atoms with Gasteiger partial charge in [-0.15, -0.1) is 0 Å². The maximum atomic E-state index is 13.2. The zero-order chi connectivity index (χ0) is 14.6. The molecule has 0 aromatic heterocycles. The van der Waals surface area contributed by atoms with Gasteiger partial charge in [-0.1, -0.05) is 11.6 Å². The van der Waals surface area contributed by atoms with Crippen molar-refractivity contribution in [2.45, 2.75) is 6.04 Å². The van der Waals surface area contributed by atoms with E-state index < -0.39 is 35.0 Å². The van der Waals surface area contributed by atoms with Gasteiger partial charge in [0.05, 0.1) is 29.7 Å². The second-order valence-corrected chi connectivity index (χ2v) is 3.85. The Bertz CT molecular complexity index is 511. The number of esters is 1. The van der Waals surface area contributed by atoms with E-state index in [9.17, 15) is 19.3 Å². The highest BCUT2D eigenvalue weighted by Gasteiger charge is 2.24. The lowest BCUT2D eigenvalue weighted by atomic mass is 10.2. The zero-order valence-electron chi connectivity index (χ0n) is 9.72. The number of carbonyl (C=O) groups is 1. The Balaban J connectivity index is 3.15. The molecule has 1 rings (SSSR count). The lowest BCUT2D eigenvalue weighted by molar-refractivity contribution is -0.384. The van der Waals surface area contributed by atoms with Gasteiger partial charge in [-0.25, -0.2) is 9.18 Å². The lowest BCUT2D eigenvalue weighted by Crippen LogP contribution is -2.34. The predicted molar refractivity (Wildman–Crippen MR) is 64.6 cm³/mol. The van der Waals surface area contributed by atoms with E-state index in [2.05, 4.69) is 10.1 Å². The van der Waals surface area contributed by atoms with Gasteiger partial charge in [0, 0.05) is 0 Å². The minimum absolute atomic E-state index is 0.194. The summed E-state index contributed by atoms with van der Waals surface area (Å²) in [5, 5.41) is 21.8. The number of nitrogens with zero attached hydrogens (tertiary/aromatic N) is 1. The van der Waals surface area contributed by atoms with Crippen LogP contribution in [0.3, 0.4) is 0 Å². The molecule has 0 bridgehead atoms. The van der Waals surface area contributed by atoms with E-state index >= 15 is 0 Å². The number of nitro benzene ring substituents is 1. The summed E-state index contributed by atoms with van der Waals surface area (Å²) in [5.74, 6) is -1.78. The molecule has 1 unspecified atom stereocenters. The number of halogens is 2. The van der Waals surface area contributed by atoms with Crippen LogP contribution in [0.2, 0.25) is 5.02 Å². The van der Waals surface area contributed by atoms with Gasteiger partial charge in [-0.05, 0) is 6.07 Å². The maximum Gasteiger partial charge on any atom is 0.330 e. The van der Waals surface area contributed by atoms with E-state index in [4.69, 9.17) is 16.7 Å². The summed E-state index contributed by atoms with van der Waals surface area (Å²) in [5.41, 5.74) is -0.801. The first-order chi connectivity index (χ1) is 8.90. The molecule has 1 aromatic carbocycles. The Morgan fingerprint density at radius 2 is 2.32 bits per heavy atom. The molecule has 0 fully saturated rings. The lowest BCUT2D eigenvalue weighted by Gasteiger charge is -2.15. The molecule has 0 heterocycles. The standard InChI is InChI=1S/C10H10ClFN2O5/c1-19-10(16)8(4-15)13-7-2-5(11)6(12)3-9(7)14(17)18/h2-3,8,13,15H,4H2,1H3. The Morgan fingerprint density at radius 3 is 2.79 bits per heavy atom. The molecule has 104 valence electrons. The molecule has 1 aromatic rings. The summed E-state index contributed by atoms with van der Waals surface area (Å²) >= 11 is 5.51. The van der Waals surface area contributed by atoms with Crippen molar-refractivity contribution in [1.29, 1.82) is 0 Å². The van der Waals surface area contributed by atoms with Crippen LogP contribution in [0.25, 0.3) is 0 Å². The Labute approximate surface area is 112 Å². The monoisotopic (exact) mass is 292 g/mol. The molecule has 1 atom stereocenters. The molecule has 0 saturated heterocycles. The number of aliphatic hydroxyl groups excluding tert-OH is 1. The maximum absolute atomic E-state index is 13.2. The quantitative estimate of drug-likeness (QED) is 0.482. The van der Waals surface area contributed by atoms with E-state index in [-0.39, 0.29) is 10.7 Å². The first-order valence-electron chi connectivity index (χ1n) is 4.99. The first kappa shape index (κ1) is 15.1. The van der Waals surface area contributed by atoms with Gasteiger partial charge in [0.15, 0.2) is 0 Å². The van der Waals surface area contributed by atoms with Crippen molar-refractivity contribution in [3.63, 3.8) is 0 Å². The van der Waals surface area contributed by atoms with Crippen molar-refractivity contribution in [2.75, 3.05) is 19.0 Å². The van der Waals surface area contributed by atoms with Crippen LogP contribution in [0.1, 0.15) is 0 Å². The molecular formula is C10H10ClFN2O5. The predicted octanol–water partition coefficient (Wildman–Crippen LogP) is 1.33. The largest absolute Gasteiger partial charge is 0.467 e. The number of rotatable bonds is 5. The number of hydrogen-bond donors (Lipinski definition) is 2. The van der Waals surface area contributed by atoms with Crippen molar-refractivity contribution in [3.8, 4) is 0 Å². The number of ether oxygens (including phenoxy) is 1. The molecule has 7 nitrogen and oxygen atoms in total. The highest BCUT2D eigenvalue weighted by atomic mass is 35.5. The van der Waals surface area contributed by atoms with Crippen LogP contribution in [0.4, 0.5) is 15.8 Å². The van der Waals surface area contributed by atoms with E-state index in [1.807, 2.05) is 0 Å². The number of nitrogens with one attached hydrogen (secondary N) is 1. The van der Waals surface area contributed by atoms with E-state index in [0.29, 0.717) is 6.07 Å². The van der Waals surface area contributed by atoms with Gasteiger partial charge in [0.25, 0.3) is 5.69 Å². The van der Waals surface area contributed by atoms with Gasteiger partial charge < -0.3 is 15.2 Å². The number of carbonyl (C=O) groups excluding carboxylic acids is 1. The Hall–Kier alpha value is -1.93. The number of methoxy groups -OCH3 is 1. The first-order valence-corrected chi connectivity index (χ1v) is 5.37. The number of hydrogen-bond acceptors (Lipinski definition) is 6. The molecule has 0 spiro atoms. The van der Waals surface area contributed by atoms with Crippen LogP contribution in [-0.2, 0) is 9.53 Å². The van der Waals surface area contributed by atoms with Gasteiger partial charge >= 0.3 is 5.97 Å². The Kier molecular flexibility index (Phi) is 5.02. The summed E-state index contributed by atoms with van der Waals surface area (Å²) in [6.07, 6.45) is 0. The SMILES string of the molecule is COC(=O)C(CO)Nc1cc(Cl)c(F)cc1[N+](=O)[O-]. The van der Waals surface area contributed by atoms with Crippen LogP contribution in [-0.4, -0.2) is 35.8 Å². The van der Waals surface area contributed by atoms with Crippen molar-refractivity contribution in [1.82, 2.24) is 0 Å². The zero-order valence-corrected chi connectivity index (χ0v) is 10.5. The summed E-state index contributed by atoms with van der Waals surface area (Å²) in [4.78, 5) is 21.2. The number of nitro groups is 1. The number of benzene rings is 1. The fourth-order valence-corrected chi connectivity index (χ4v) is 1.48. The molecule has 0 aliphatic rings. The third-order valence-corrected chi connectivity index (χ3v) is 2.52. The van der Waals surface area contributed by atoms with Crippen LogP contribution in [0.15, 0.2) is 12.1 Å². The Morgan fingerprint density at radius 1 is 1.68 bits per heavy atom. The molecule has 0 aliphatic carbocycles. The summed E-state index contributed by atoms with van der Waals surface area (Å²) < 4.78 is 17.5. The van der Waals surface area contributed by atoms with Crippen molar-refractivity contribution >= 4 is 28.9 Å². The molecule has 9 heteroatoms. The number of aliphatic hydroxyl groups is 1. The van der Waals surface area contributed by atoms with Gasteiger partial charge in [-0.2, -0.15) is 0 Å². The van der Waals surface area contributed by atoms with Crippen molar-refractivity contribution < 1.29 is 24.0 Å². The van der Waals surface area contributed by atoms with E-state index in [0.717, 1.165) is 13.2 Å². The molecule has 0 amide bonds. The molecular weight excluding hydrogens is 283 g/mol. The molecule has 0 saturated carbocycles. The van der Waals surface area contributed by atoms with Crippen LogP contribution in [0, 0.1) is 15.9 Å². The molecule has 2 N–H and O–H groups in total. The minimum Gasteiger partial charge on any atom is -0.467 e. The van der Waals surface area contributed by atoms with Crippen LogP contribution < -0.4 is 5.32 Å². The molecule has 19 heavy (non-hydrogen) atoms. The summed E-state index contributed by atoms with van der Waals surface area (Å²) in [7, 11) is 1.10. The third kappa shape index (κ3) is 3.52. The topological polar surface area (TPSA) is 102 Å². The highest BCUT2D eigenvalue weighted by molar-refractivity contribution is 6.31. The highest BCUT2D eigenvalue weighted by Crippen LogP contribution is 2.30. The average Bonchev–Trinajstić information content (AvgIpc) is 2.38. The van der Waals surface area contributed by atoms with Gasteiger partial charge in [0.2, 0.25) is 0 Å². The average molecular weight is 293 g/mol. The second-order valence-electron chi connectivity index (χ2n) is 3.44. The third-order valence-electron chi connectivity index (χ3n) is 2.23. The van der Waals surface area contributed by atoms with Gasteiger partial charge in [0.1, 0.15) is 17.5 Å². The van der Waals surface area contributed by atoms with Crippen molar-refractivity contribution in [3.05, 3.63) is 33.1 Å². The fourth-order valence-electron chi connectivity index (χ4n) is 1.31. The minimum atomic E-state index is -1.22. The molecule has 0 radical (unpaired) electrons. The van der Waals surface area contributed by atoms with E-state index in [1.54, 1.807) is 0 Å². The fraction of sp³-hybridized carbons (Fsp3) is 0.300. The van der Waals surface area contributed by atoms with Crippen LogP contribution >= 0.6 is 11.6 Å². The normalized spacial score (nSPS) is 11.8. The van der Waals surface area contributed by atoms with Gasteiger partial charge in [-0.3, -0.25) is 10.1 Å². The number of anilines is 1. The summed E-state index contributed by atoms with van der Waals surface area (Å²) in [6.45, 7) is -0.654. The van der Waals surface area contributed by atoms with Crippen molar-refractivity contribution in [2.24, 2.45) is 0 Å². The van der Waals surface area contributed by atoms with Crippen LogP contribution in [0.5, 0.6) is 0 Å². The molecule has 0 aliphatic heterocycles.